The Labute approximate surface area is 220 Å². The van der Waals surface area contributed by atoms with Crippen LogP contribution in [-0.4, -0.2) is 61.0 Å². The molecule has 0 bridgehead atoms. The highest BCUT2D eigenvalue weighted by Crippen LogP contribution is 2.39. The smallest absolute Gasteiger partial charge is 0.257 e. The summed E-state index contributed by atoms with van der Waals surface area (Å²) in [6.07, 6.45) is 5.64. The van der Waals surface area contributed by atoms with Gasteiger partial charge in [0.2, 0.25) is 5.91 Å². The second-order valence-corrected chi connectivity index (χ2v) is 10.6. The lowest BCUT2D eigenvalue weighted by molar-refractivity contribution is -0.132. The standard InChI is InChI=1S/C30H40N4O3/c1-22(2)27-18-24(19-30(36)34-15-13-33(14-16-34)28-11-7-8-12-31-28)23(3)17-25(27)20-32-29(35)21-37-26-9-5-4-6-10-26/h4-12,17,22,24-25,27H,13-16,18-21H2,1-3H3,(H,32,35)/t24-,25-,27-/m0/s1. The Morgan fingerprint density at radius 1 is 1.05 bits per heavy atom. The second kappa shape index (κ2) is 12.7. The van der Waals surface area contributed by atoms with E-state index in [2.05, 4.69) is 42.0 Å². The number of nitrogens with one attached hydrogen (secondary N) is 1. The summed E-state index contributed by atoms with van der Waals surface area (Å²) >= 11 is 0. The molecule has 1 saturated heterocycles. The molecule has 1 fully saturated rings. The van der Waals surface area contributed by atoms with E-state index in [9.17, 15) is 9.59 Å². The van der Waals surface area contributed by atoms with Crippen LogP contribution in [0.25, 0.3) is 0 Å². The SMILES string of the molecule is CC1=C[C@@H](CNC(=O)COc2ccccc2)[C@H](C(C)C)C[C@H]1CC(=O)N1CCN(c2ccccn2)CC1. The number of ether oxygens (including phenoxy) is 1. The zero-order valence-electron chi connectivity index (χ0n) is 22.3. The van der Waals surface area contributed by atoms with Gasteiger partial charge in [0.1, 0.15) is 11.6 Å². The van der Waals surface area contributed by atoms with Gasteiger partial charge in [0.15, 0.2) is 6.61 Å². The molecule has 1 aliphatic carbocycles. The van der Waals surface area contributed by atoms with Crippen molar-refractivity contribution in [2.24, 2.45) is 23.7 Å². The second-order valence-electron chi connectivity index (χ2n) is 10.6. The lowest BCUT2D eigenvalue weighted by atomic mass is 9.69. The predicted octanol–water partition coefficient (Wildman–Crippen LogP) is 4.17. The van der Waals surface area contributed by atoms with Crippen LogP contribution in [0.2, 0.25) is 0 Å². The fraction of sp³-hybridized carbons (Fsp3) is 0.500. The molecule has 1 aromatic carbocycles. The van der Waals surface area contributed by atoms with E-state index in [1.165, 1.54) is 5.57 Å². The van der Waals surface area contributed by atoms with Gasteiger partial charge in [-0.25, -0.2) is 4.98 Å². The third-order valence-corrected chi connectivity index (χ3v) is 7.76. The minimum absolute atomic E-state index is 0.0104. The van der Waals surface area contributed by atoms with Crippen molar-refractivity contribution >= 4 is 17.6 Å². The number of carbonyl (C=O) groups excluding carboxylic acids is 2. The van der Waals surface area contributed by atoms with Gasteiger partial charge in [-0.15, -0.1) is 0 Å². The Morgan fingerprint density at radius 2 is 1.78 bits per heavy atom. The zero-order chi connectivity index (χ0) is 26.2. The Morgan fingerprint density at radius 3 is 2.46 bits per heavy atom. The van der Waals surface area contributed by atoms with Crippen molar-refractivity contribution in [3.63, 3.8) is 0 Å². The Balaban J connectivity index is 1.27. The van der Waals surface area contributed by atoms with Crippen molar-refractivity contribution in [1.29, 1.82) is 0 Å². The molecule has 3 atom stereocenters. The van der Waals surface area contributed by atoms with E-state index in [-0.39, 0.29) is 30.3 Å². The molecule has 0 spiro atoms. The number of amides is 2. The Bertz CT molecular complexity index is 1050. The highest BCUT2D eigenvalue weighted by molar-refractivity contribution is 5.78. The number of piperazine rings is 1. The summed E-state index contributed by atoms with van der Waals surface area (Å²) in [7, 11) is 0. The Hall–Kier alpha value is -3.35. The van der Waals surface area contributed by atoms with E-state index in [0.717, 1.165) is 38.4 Å². The first kappa shape index (κ1) is 26.7. The maximum absolute atomic E-state index is 13.2. The third-order valence-electron chi connectivity index (χ3n) is 7.76. The summed E-state index contributed by atoms with van der Waals surface area (Å²) in [5.74, 6) is 3.19. The van der Waals surface area contributed by atoms with Gasteiger partial charge in [0.05, 0.1) is 0 Å². The minimum atomic E-state index is -0.112. The quantitative estimate of drug-likeness (QED) is 0.519. The van der Waals surface area contributed by atoms with Crippen LogP contribution in [0, 0.1) is 23.7 Å². The lowest BCUT2D eigenvalue weighted by Gasteiger charge is -2.39. The molecular weight excluding hydrogens is 464 g/mol. The third kappa shape index (κ3) is 7.34. The molecule has 7 nitrogen and oxygen atoms in total. The molecule has 0 radical (unpaired) electrons. The summed E-state index contributed by atoms with van der Waals surface area (Å²) in [6, 6.07) is 15.3. The molecule has 37 heavy (non-hydrogen) atoms. The minimum Gasteiger partial charge on any atom is -0.484 e. The largest absolute Gasteiger partial charge is 0.484 e. The summed E-state index contributed by atoms with van der Waals surface area (Å²) in [5.41, 5.74) is 1.26. The fourth-order valence-corrected chi connectivity index (χ4v) is 5.52. The lowest BCUT2D eigenvalue weighted by Crippen LogP contribution is -2.49. The van der Waals surface area contributed by atoms with E-state index in [0.29, 0.717) is 30.6 Å². The first-order valence-electron chi connectivity index (χ1n) is 13.5. The van der Waals surface area contributed by atoms with Crippen molar-refractivity contribution in [3.8, 4) is 5.75 Å². The van der Waals surface area contributed by atoms with Crippen molar-refractivity contribution < 1.29 is 14.3 Å². The number of hydrogen-bond acceptors (Lipinski definition) is 5. The topological polar surface area (TPSA) is 74.8 Å². The van der Waals surface area contributed by atoms with Crippen molar-refractivity contribution in [1.82, 2.24) is 15.2 Å². The Kier molecular flexibility index (Phi) is 9.20. The maximum Gasteiger partial charge on any atom is 0.257 e. The number of rotatable bonds is 9. The number of allylic oxidation sites excluding steroid dienone is 1. The van der Waals surface area contributed by atoms with Gasteiger partial charge >= 0.3 is 0 Å². The highest BCUT2D eigenvalue weighted by Gasteiger charge is 2.34. The molecule has 2 aromatic rings. The predicted molar refractivity (Wildman–Crippen MR) is 146 cm³/mol. The van der Waals surface area contributed by atoms with Crippen LogP contribution < -0.4 is 15.0 Å². The van der Waals surface area contributed by atoms with Crippen LogP contribution in [0.1, 0.15) is 33.6 Å². The molecule has 2 amide bonds. The number of pyridine rings is 1. The van der Waals surface area contributed by atoms with E-state index < -0.39 is 0 Å². The van der Waals surface area contributed by atoms with Crippen LogP contribution in [0.3, 0.4) is 0 Å². The molecule has 2 aliphatic rings. The molecule has 2 heterocycles. The molecule has 0 saturated carbocycles. The molecular formula is C30H40N4O3. The number of anilines is 1. The van der Waals surface area contributed by atoms with Gasteiger partial charge in [-0.3, -0.25) is 9.59 Å². The average Bonchev–Trinajstić information content (AvgIpc) is 2.93. The maximum atomic E-state index is 13.2. The van der Waals surface area contributed by atoms with E-state index in [1.54, 1.807) is 0 Å². The molecule has 198 valence electrons. The monoisotopic (exact) mass is 504 g/mol. The summed E-state index contributed by atoms with van der Waals surface area (Å²) in [4.78, 5) is 34.3. The highest BCUT2D eigenvalue weighted by atomic mass is 16.5. The van der Waals surface area contributed by atoms with Gasteiger partial charge in [0, 0.05) is 45.3 Å². The molecule has 0 unspecified atom stereocenters. The summed E-state index contributed by atoms with van der Waals surface area (Å²) in [6.45, 7) is 10.3. The zero-order valence-corrected chi connectivity index (χ0v) is 22.3. The van der Waals surface area contributed by atoms with Gasteiger partial charge in [-0.2, -0.15) is 0 Å². The number of nitrogens with zero attached hydrogens (tertiary/aromatic N) is 3. The number of hydrogen-bond donors (Lipinski definition) is 1. The first-order chi connectivity index (χ1) is 17.9. The van der Waals surface area contributed by atoms with Crippen LogP contribution in [0.4, 0.5) is 5.82 Å². The number of benzene rings is 1. The van der Waals surface area contributed by atoms with Crippen LogP contribution >= 0.6 is 0 Å². The number of carbonyl (C=O) groups is 2. The molecule has 4 rings (SSSR count). The first-order valence-corrected chi connectivity index (χ1v) is 13.5. The van der Waals surface area contributed by atoms with E-state index in [4.69, 9.17) is 4.74 Å². The van der Waals surface area contributed by atoms with Gasteiger partial charge in [-0.1, -0.05) is 49.8 Å². The molecule has 1 aromatic heterocycles. The normalized spacial score (nSPS) is 21.9. The molecule has 1 aliphatic heterocycles. The van der Waals surface area contributed by atoms with Crippen LogP contribution in [0.5, 0.6) is 5.75 Å². The van der Waals surface area contributed by atoms with Gasteiger partial charge in [-0.05, 0) is 61.3 Å². The average molecular weight is 505 g/mol. The van der Waals surface area contributed by atoms with Crippen LogP contribution in [0.15, 0.2) is 66.4 Å². The van der Waals surface area contributed by atoms with Crippen LogP contribution in [-0.2, 0) is 9.59 Å². The summed E-state index contributed by atoms with van der Waals surface area (Å²) < 4.78 is 5.58. The van der Waals surface area contributed by atoms with E-state index in [1.807, 2.05) is 59.6 Å². The molecule has 7 heteroatoms. The van der Waals surface area contributed by atoms with Gasteiger partial charge < -0.3 is 19.9 Å². The summed E-state index contributed by atoms with van der Waals surface area (Å²) in [5, 5.41) is 3.06. The van der Waals surface area contributed by atoms with Crippen molar-refractivity contribution in [2.75, 3.05) is 44.2 Å². The number of aromatic nitrogens is 1. The number of para-hydroxylation sites is 1. The molecule has 1 N–H and O–H groups in total. The van der Waals surface area contributed by atoms with Crippen molar-refractivity contribution in [3.05, 3.63) is 66.4 Å². The van der Waals surface area contributed by atoms with Crippen molar-refractivity contribution in [2.45, 2.75) is 33.6 Å². The fourth-order valence-electron chi connectivity index (χ4n) is 5.52. The van der Waals surface area contributed by atoms with E-state index >= 15 is 0 Å². The van der Waals surface area contributed by atoms with Gasteiger partial charge in [0.25, 0.3) is 5.91 Å².